The van der Waals surface area contributed by atoms with Crippen molar-refractivity contribution in [1.82, 2.24) is 5.32 Å². The molecule has 0 saturated heterocycles. The van der Waals surface area contributed by atoms with Crippen LogP contribution in [0.4, 0.5) is 0 Å². The summed E-state index contributed by atoms with van der Waals surface area (Å²) in [7, 11) is 1.59. The average molecular weight is 248 g/mol. The molecular formula is C11H24N2O4. The van der Waals surface area contributed by atoms with Gasteiger partial charge in [0, 0.05) is 20.2 Å². The van der Waals surface area contributed by atoms with Crippen LogP contribution in [-0.2, 0) is 14.3 Å². The first kappa shape index (κ1) is 16.3. The number of carbonyl (C=O) groups is 1. The summed E-state index contributed by atoms with van der Waals surface area (Å²) in [6, 6.07) is 0. The number of nitrogens with two attached hydrogens (primary N) is 1. The van der Waals surface area contributed by atoms with E-state index in [0.29, 0.717) is 26.3 Å². The van der Waals surface area contributed by atoms with E-state index >= 15 is 0 Å². The van der Waals surface area contributed by atoms with Gasteiger partial charge in [0.25, 0.3) is 0 Å². The maximum atomic E-state index is 11.0. The maximum Gasteiger partial charge on any atom is 0.224 e. The molecule has 0 fully saturated rings. The summed E-state index contributed by atoms with van der Waals surface area (Å²) in [5.41, 5.74) is 4.61. The molecule has 0 saturated carbocycles. The highest BCUT2D eigenvalue weighted by atomic mass is 16.5. The molecule has 0 aliphatic rings. The largest absolute Gasteiger partial charge is 0.389 e. The van der Waals surface area contributed by atoms with Crippen LogP contribution in [0.5, 0.6) is 0 Å². The molecule has 1 unspecified atom stereocenters. The van der Waals surface area contributed by atoms with E-state index in [4.69, 9.17) is 15.2 Å². The fourth-order valence-electron chi connectivity index (χ4n) is 1.06. The molecular weight excluding hydrogens is 224 g/mol. The third-order valence-electron chi connectivity index (χ3n) is 2.36. The molecule has 4 N–H and O–H groups in total. The summed E-state index contributed by atoms with van der Waals surface area (Å²) < 4.78 is 9.96. The first-order valence-electron chi connectivity index (χ1n) is 5.65. The summed E-state index contributed by atoms with van der Waals surface area (Å²) in [6.07, 6.45) is -0.601. The molecule has 102 valence electrons. The van der Waals surface area contributed by atoms with Crippen molar-refractivity contribution in [3.05, 3.63) is 0 Å². The molecule has 0 spiro atoms. The van der Waals surface area contributed by atoms with Gasteiger partial charge in [-0.25, -0.2) is 0 Å². The molecule has 17 heavy (non-hydrogen) atoms. The number of methoxy groups -OCH3 is 1. The van der Waals surface area contributed by atoms with Gasteiger partial charge in [0.1, 0.15) is 0 Å². The highest BCUT2D eigenvalue weighted by molar-refractivity contribution is 5.80. The molecule has 0 radical (unpaired) electrons. The van der Waals surface area contributed by atoms with Gasteiger partial charge in [0.2, 0.25) is 5.91 Å². The van der Waals surface area contributed by atoms with Crippen molar-refractivity contribution < 1.29 is 19.4 Å². The smallest absolute Gasteiger partial charge is 0.224 e. The van der Waals surface area contributed by atoms with Gasteiger partial charge < -0.3 is 25.6 Å². The molecule has 0 heterocycles. The fraction of sp³-hybridized carbons (Fsp3) is 0.909. The summed E-state index contributed by atoms with van der Waals surface area (Å²) in [4.78, 5) is 11.0. The molecule has 0 aromatic rings. The molecule has 0 rings (SSSR count). The molecule has 6 heteroatoms. The second-order valence-electron chi connectivity index (χ2n) is 4.60. The minimum Gasteiger partial charge on any atom is -0.389 e. The van der Waals surface area contributed by atoms with Gasteiger partial charge in [-0.3, -0.25) is 4.79 Å². The summed E-state index contributed by atoms with van der Waals surface area (Å²) >= 11 is 0. The van der Waals surface area contributed by atoms with E-state index in [9.17, 15) is 9.90 Å². The van der Waals surface area contributed by atoms with Gasteiger partial charge in [0.15, 0.2) is 0 Å². The van der Waals surface area contributed by atoms with E-state index in [1.165, 1.54) is 0 Å². The van der Waals surface area contributed by atoms with Gasteiger partial charge >= 0.3 is 0 Å². The quantitative estimate of drug-likeness (QED) is 0.436. The monoisotopic (exact) mass is 248 g/mol. The fourth-order valence-corrected chi connectivity index (χ4v) is 1.06. The van der Waals surface area contributed by atoms with Crippen molar-refractivity contribution in [2.24, 2.45) is 11.1 Å². The van der Waals surface area contributed by atoms with E-state index in [-0.39, 0.29) is 12.5 Å². The summed E-state index contributed by atoms with van der Waals surface area (Å²) in [6.45, 7) is 5.51. The van der Waals surface area contributed by atoms with Crippen molar-refractivity contribution in [3.8, 4) is 0 Å². The molecule has 0 aliphatic carbocycles. The lowest BCUT2D eigenvalue weighted by Crippen LogP contribution is -2.43. The highest BCUT2D eigenvalue weighted by Crippen LogP contribution is 2.11. The zero-order chi connectivity index (χ0) is 13.3. The normalized spacial score (nSPS) is 13.6. The van der Waals surface area contributed by atoms with Crippen molar-refractivity contribution in [1.29, 1.82) is 0 Å². The van der Waals surface area contributed by atoms with Gasteiger partial charge in [-0.15, -0.1) is 0 Å². The Balaban J connectivity index is 3.57. The second-order valence-corrected chi connectivity index (χ2v) is 4.60. The maximum absolute atomic E-state index is 11.0. The standard InChI is InChI=1S/C11H24N2O4/c1-11(2,10(12)15)8-13-6-9(14)7-17-5-4-16-3/h9,13-14H,4-8H2,1-3H3,(H2,12,15). The van der Waals surface area contributed by atoms with Crippen molar-refractivity contribution in [2.75, 3.05) is 40.0 Å². The van der Waals surface area contributed by atoms with Crippen LogP contribution in [0.25, 0.3) is 0 Å². The van der Waals surface area contributed by atoms with Crippen molar-refractivity contribution in [3.63, 3.8) is 0 Å². The number of carbonyl (C=O) groups excluding carboxylic acids is 1. The summed E-state index contributed by atoms with van der Waals surface area (Å²) in [5, 5.41) is 12.5. The topological polar surface area (TPSA) is 93.8 Å². The Hall–Kier alpha value is -0.690. The van der Waals surface area contributed by atoms with Crippen LogP contribution >= 0.6 is 0 Å². The highest BCUT2D eigenvalue weighted by Gasteiger charge is 2.24. The molecule has 0 aromatic heterocycles. The third-order valence-corrected chi connectivity index (χ3v) is 2.36. The van der Waals surface area contributed by atoms with Crippen LogP contribution in [0.2, 0.25) is 0 Å². The Morgan fingerprint density at radius 3 is 2.65 bits per heavy atom. The number of aliphatic hydroxyl groups is 1. The Morgan fingerprint density at radius 2 is 2.12 bits per heavy atom. The number of hydrogen-bond donors (Lipinski definition) is 3. The zero-order valence-electron chi connectivity index (χ0n) is 10.9. The minimum atomic E-state index is -0.614. The number of nitrogens with one attached hydrogen (secondary N) is 1. The molecule has 1 amide bonds. The van der Waals surface area contributed by atoms with Crippen molar-refractivity contribution >= 4 is 5.91 Å². The van der Waals surface area contributed by atoms with Crippen LogP contribution in [0.15, 0.2) is 0 Å². The summed E-state index contributed by atoms with van der Waals surface area (Å²) in [5.74, 6) is -0.365. The van der Waals surface area contributed by atoms with Crippen LogP contribution < -0.4 is 11.1 Å². The van der Waals surface area contributed by atoms with Crippen LogP contribution in [-0.4, -0.2) is 57.1 Å². The van der Waals surface area contributed by atoms with Gasteiger partial charge in [-0.05, 0) is 13.8 Å². The van der Waals surface area contributed by atoms with Crippen LogP contribution in [0.3, 0.4) is 0 Å². The number of hydrogen-bond acceptors (Lipinski definition) is 5. The number of amides is 1. The van der Waals surface area contributed by atoms with E-state index in [0.717, 1.165) is 0 Å². The lowest BCUT2D eigenvalue weighted by atomic mass is 9.93. The first-order chi connectivity index (χ1) is 7.90. The van der Waals surface area contributed by atoms with Crippen LogP contribution in [0, 0.1) is 5.41 Å². The predicted octanol–water partition coefficient (Wildman–Crippen LogP) is -0.889. The number of aliphatic hydroxyl groups excluding tert-OH is 1. The SMILES string of the molecule is COCCOCC(O)CNCC(C)(C)C(N)=O. The van der Waals surface area contributed by atoms with E-state index in [1.54, 1.807) is 21.0 Å². The minimum absolute atomic E-state index is 0.243. The van der Waals surface area contributed by atoms with E-state index < -0.39 is 11.5 Å². The van der Waals surface area contributed by atoms with Crippen molar-refractivity contribution in [2.45, 2.75) is 20.0 Å². The molecule has 0 aromatic carbocycles. The van der Waals surface area contributed by atoms with Gasteiger partial charge in [0.05, 0.1) is 31.3 Å². The first-order valence-corrected chi connectivity index (χ1v) is 5.65. The molecule has 0 bridgehead atoms. The number of rotatable bonds is 10. The average Bonchev–Trinajstić information content (AvgIpc) is 2.24. The van der Waals surface area contributed by atoms with Gasteiger partial charge in [-0.2, -0.15) is 0 Å². The third kappa shape index (κ3) is 8.09. The van der Waals surface area contributed by atoms with Gasteiger partial charge in [-0.1, -0.05) is 0 Å². The number of ether oxygens (including phenoxy) is 2. The Bertz CT molecular complexity index is 222. The molecule has 6 nitrogen and oxygen atoms in total. The number of primary amides is 1. The lowest BCUT2D eigenvalue weighted by Gasteiger charge is -2.22. The van der Waals surface area contributed by atoms with E-state index in [2.05, 4.69) is 5.32 Å². The lowest BCUT2D eigenvalue weighted by molar-refractivity contribution is -0.125. The Labute approximate surface area is 102 Å². The Kier molecular flexibility index (Phi) is 8.07. The van der Waals surface area contributed by atoms with E-state index in [1.807, 2.05) is 0 Å². The van der Waals surface area contributed by atoms with Crippen LogP contribution in [0.1, 0.15) is 13.8 Å². The molecule has 0 aliphatic heterocycles. The predicted molar refractivity (Wildman–Crippen MR) is 64.5 cm³/mol. The molecule has 1 atom stereocenters. The zero-order valence-corrected chi connectivity index (χ0v) is 10.9. The Morgan fingerprint density at radius 1 is 1.47 bits per heavy atom. The second kappa shape index (κ2) is 8.41.